The van der Waals surface area contributed by atoms with Gasteiger partial charge in [0.2, 0.25) is 10.0 Å². The summed E-state index contributed by atoms with van der Waals surface area (Å²) in [6.45, 7) is 11.1. The van der Waals surface area contributed by atoms with Crippen molar-refractivity contribution in [2.45, 2.75) is 44.2 Å². The molecular formula is C25H32N2O5S. The van der Waals surface area contributed by atoms with Crippen LogP contribution in [0.15, 0.2) is 77.4 Å². The van der Waals surface area contributed by atoms with Crippen LogP contribution in [0.5, 0.6) is 5.75 Å². The molecule has 2 atom stereocenters. The Labute approximate surface area is 196 Å². The van der Waals surface area contributed by atoms with Crippen molar-refractivity contribution in [1.82, 2.24) is 9.21 Å². The number of carboxylic acids is 1. The highest BCUT2D eigenvalue weighted by atomic mass is 32.2. The second-order valence-corrected chi connectivity index (χ2v) is 10.7. The number of rotatable bonds is 7. The van der Waals surface area contributed by atoms with Crippen LogP contribution in [0.4, 0.5) is 0 Å². The molecule has 0 amide bonds. The number of benzene rings is 1. The van der Waals surface area contributed by atoms with Gasteiger partial charge in [-0.3, -0.25) is 4.79 Å². The molecule has 0 saturated carbocycles. The lowest BCUT2D eigenvalue weighted by molar-refractivity contribution is -0.136. The Hall–Kier alpha value is -2.84. The summed E-state index contributed by atoms with van der Waals surface area (Å²) < 4.78 is 33.8. The van der Waals surface area contributed by atoms with Crippen LogP contribution in [-0.4, -0.2) is 60.5 Å². The first kappa shape index (κ1) is 24.8. The standard InChI is InChI=1S/C25H32N2O5S/c1-18(2)32-22-9-11-23(12-10-22)33(30,31)27-15-20(4)24(17-27)26-13-7-5-6-8-19(3)21(16-26)14-25(28)29/h5-12,16,18,20,24H,3,13-15,17H2,1-2,4H3,(H,28,29)/b7-5-,8-6-,21-16-/t20-,24+/m1/s1. The molecule has 0 spiro atoms. The van der Waals surface area contributed by atoms with Crippen LogP contribution in [0.1, 0.15) is 27.2 Å². The SMILES string of the molecule is C=C1/C=C\C=C/CN([C@H]2CN(S(=O)(=O)c3ccc(OC(C)C)cc3)C[C@H]2C)/C=C\1CC(=O)O. The highest BCUT2D eigenvalue weighted by Gasteiger charge is 2.39. The molecule has 2 heterocycles. The summed E-state index contributed by atoms with van der Waals surface area (Å²) in [4.78, 5) is 13.6. The monoisotopic (exact) mass is 472 g/mol. The van der Waals surface area contributed by atoms with Crippen molar-refractivity contribution in [2.75, 3.05) is 19.6 Å². The van der Waals surface area contributed by atoms with Gasteiger partial charge >= 0.3 is 5.97 Å². The first-order chi connectivity index (χ1) is 15.6. The summed E-state index contributed by atoms with van der Waals surface area (Å²) in [6.07, 6.45) is 9.18. The van der Waals surface area contributed by atoms with Crippen molar-refractivity contribution in [2.24, 2.45) is 5.92 Å². The van der Waals surface area contributed by atoms with Gasteiger partial charge in [0.05, 0.1) is 17.4 Å². The number of sulfonamides is 1. The Morgan fingerprint density at radius 3 is 2.55 bits per heavy atom. The number of ether oxygens (including phenoxy) is 1. The Balaban J connectivity index is 1.83. The third-order valence-electron chi connectivity index (χ3n) is 5.74. The molecule has 3 rings (SSSR count). The third-order valence-corrected chi connectivity index (χ3v) is 7.58. The predicted molar refractivity (Wildman–Crippen MR) is 128 cm³/mol. The molecule has 1 N–H and O–H groups in total. The molecule has 1 aromatic rings. The number of allylic oxidation sites excluding steroid dienone is 4. The number of aliphatic carboxylic acids is 1. The van der Waals surface area contributed by atoms with Gasteiger partial charge in [-0.2, -0.15) is 4.31 Å². The third kappa shape index (κ3) is 6.15. The molecule has 0 bridgehead atoms. The maximum absolute atomic E-state index is 13.3. The van der Waals surface area contributed by atoms with Gasteiger partial charge in [-0.1, -0.05) is 37.8 Å². The van der Waals surface area contributed by atoms with Crippen LogP contribution < -0.4 is 4.74 Å². The average molecular weight is 473 g/mol. The molecule has 0 aliphatic carbocycles. The zero-order valence-electron chi connectivity index (χ0n) is 19.3. The van der Waals surface area contributed by atoms with Gasteiger partial charge in [-0.25, -0.2) is 8.42 Å². The van der Waals surface area contributed by atoms with Crippen molar-refractivity contribution in [3.63, 3.8) is 0 Å². The molecule has 8 heteroatoms. The zero-order chi connectivity index (χ0) is 24.2. The van der Waals surface area contributed by atoms with Gasteiger partial charge in [-0.05, 0) is 55.2 Å². The normalized spacial score (nSPS) is 25.6. The fraction of sp³-hybridized carbons (Fsp3) is 0.400. The van der Waals surface area contributed by atoms with E-state index in [2.05, 4.69) is 6.58 Å². The van der Waals surface area contributed by atoms with Crippen molar-refractivity contribution in [1.29, 1.82) is 0 Å². The van der Waals surface area contributed by atoms with Crippen LogP contribution >= 0.6 is 0 Å². The van der Waals surface area contributed by atoms with Crippen LogP contribution in [0, 0.1) is 5.92 Å². The highest BCUT2D eigenvalue weighted by Crippen LogP contribution is 2.30. The topological polar surface area (TPSA) is 87.2 Å². The fourth-order valence-electron chi connectivity index (χ4n) is 4.07. The minimum atomic E-state index is -3.67. The van der Waals surface area contributed by atoms with Gasteiger partial charge in [0, 0.05) is 31.9 Å². The van der Waals surface area contributed by atoms with E-state index in [9.17, 15) is 18.3 Å². The second kappa shape index (κ2) is 10.4. The Kier molecular flexibility index (Phi) is 7.81. The quantitative estimate of drug-likeness (QED) is 0.649. The van der Waals surface area contributed by atoms with Crippen LogP contribution in [0.3, 0.4) is 0 Å². The summed E-state index contributed by atoms with van der Waals surface area (Å²) in [5.74, 6) is -0.248. The summed E-state index contributed by atoms with van der Waals surface area (Å²) in [7, 11) is -3.67. The van der Waals surface area contributed by atoms with Gasteiger partial charge in [0.25, 0.3) is 0 Å². The molecule has 1 fully saturated rings. The van der Waals surface area contributed by atoms with Gasteiger partial charge in [-0.15, -0.1) is 0 Å². The molecule has 2 aliphatic rings. The molecule has 33 heavy (non-hydrogen) atoms. The minimum Gasteiger partial charge on any atom is -0.491 e. The molecule has 0 aromatic heterocycles. The second-order valence-electron chi connectivity index (χ2n) is 8.74. The van der Waals surface area contributed by atoms with Gasteiger partial charge in [0.15, 0.2) is 0 Å². The first-order valence-electron chi connectivity index (χ1n) is 11.1. The van der Waals surface area contributed by atoms with Crippen LogP contribution in [0.2, 0.25) is 0 Å². The van der Waals surface area contributed by atoms with Crippen molar-refractivity contribution < 1.29 is 23.1 Å². The molecule has 1 saturated heterocycles. The molecule has 0 unspecified atom stereocenters. The largest absolute Gasteiger partial charge is 0.491 e. The van der Waals surface area contributed by atoms with Gasteiger partial charge in [0.1, 0.15) is 5.75 Å². The maximum Gasteiger partial charge on any atom is 0.307 e. The molecule has 178 valence electrons. The van der Waals surface area contributed by atoms with Gasteiger partial charge < -0.3 is 14.7 Å². The Morgan fingerprint density at radius 1 is 1.21 bits per heavy atom. The van der Waals surface area contributed by atoms with Crippen molar-refractivity contribution in [3.8, 4) is 5.75 Å². The number of nitrogens with zero attached hydrogens (tertiary/aromatic N) is 2. The lowest BCUT2D eigenvalue weighted by atomic mass is 10.0. The lowest BCUT2D eigenvalue weighted by Gasteiger charge is -2.30. The molecule has 0 radical (unpaired) electrons. The molecule has 1 aromatic carbocycles. The molecular weight excluding hydrogens is 440 g/mol. The van der Waals surface area contributed by atoms with Crippen molar-refractivity contribution >= 4 is 16.0 Å². The summed E-state index contributed by atoms with van der Waals surface area (Å²) in [5, 5.41) is 9.33. The van der Waals surface area contributed by atoms with E-state index >= 15 is 0 Å². The molecule has 2 aliphatic heterocycles. The minimum absolute atomic E-state index is 0.00840. The maximum atomic E-state index is 13.3. The Bertz CT molecular complexity index is 1070. The first-order valence-corrected chi connectivity index (χ1v) is 12.5. The van der Waals surface area contributed by atoms with Crippen LogP contribution in [-0.2, 0) is 14.8 Å². The summed E-state index contributed by atoms with van der Waals surface area (Å²) >= 11 is 0. The number of carbonyl (C=O) groups is 1. The van der Waals surface area contributed by atoms with E-state index in [0.717, 1.165) is 0 Å². The lowest BCUT2D eigenvalue weighted by Crippen LogP contribution is -2.38. The smallest absolute Gasteiger partial charge is 0.307 e. The summed E-state index contributed by atoms with van der Waals surface area (Å²) in [5.41, 5.74) is 1.24. The van der Waals surface area contributed by atoms with E-state index in [4.69, 9.17) is 4.74 Å². The predicted octanol–water partition coefficient (Wildman–Crippen LogP) is 3.83. The number of hydrogen-bond donors (Lipinski definition) is 1. The van der Waals surface area contributed by atoms with E-state index in [1.807, 2.05) is 50.1 Å². The number of hydrogen-bond acceptors (Lipinski definition) is 5. The zero-order valence-corrected chi connectivity index (χ0v) is 20.2. The average Bonchev–Trinajstić information content (AvgIpc) is 3.16. The van der Waals surface area contributed by atoms with E-state index in [-0.39, 0.29) is 29.4 Å². The Morgan fingerprint density at radius 2 is 1.91 bits per heavy atom. The fourth-order valence-corrected chi connectivity index (χ4v) is 5.63. The highest BCUT2D eigenvalue weighted by molar-refractivity contribution is 7.89. The van der Waals surface area contributed by atoms with E-state index in [0.29, 0.717) is 36.5 Å². The molecule has 7 nitrogen and oxygen atoms in total. The van der Waals surface area contributed by atoms with Crippen LogP contribution in [0.25, 0.3) is 0 Å². The van der Waals surface area contributed by atoms with E-state index in [1.165, 1.54) is 4.31 Å². The van der Waals surface area contributed by atoms with E-state index in [1.54, 1.807) is 30.3 Å². The summed E-state index contributed by atoms with van der Waals surface area (Å²) in [6, 6.07) is 6.41. The number of carboxylic acid groups (broad SMARTS) is 1. The van der Waals surface area contributed by atoms with E-state index < -0.39 is 16.0 Å². The van der Waals surface area contributed by atoms with Crippen molar-refractivity contribution in [3.05, 3.63) is 72.5 Å².